The molecule has 2 amide bonds. The van der Waals surface area contributed by atoms with Gasteiger partial charge in [0.2, 0.25) is 0 Å². The van der Waals surface area contributed by atoms with Gasteiger partial charge in [-0.2, -0.15) is 0 Å². The van der Waals surface area contributed by atoms with E-state index in [1.165, 1.54) is 0 Å². The summed E-state index contributed by atoms with van der Waals surface area (Å²) in [5, 5.41) is 5.01. The fraction of sp³-hybridized carbons (Fsp3) is 0.267. The van der Waals surface area contributed by atoms with Crippen molar-refractivity contribution in [2.45, 2.75) is 13.2 Å². The maximum atomic E-state index is 12.0. The highest BCUT2D eigenvalue weighted by Crippen LogP contribution is 2.29. The normalized spacial score (nSPS) is 18.9. The average molecular weight is 256 g/mol. The molecule has 1 atom stereocenters. The first kappa shape index (κ1) is 12.0. The number of hydrogen-bond acceptors (Lipinski definition) is 2. The van der Waals surface area contributed by atoms with E-state index in [2.05, 4.69) is 5.32 Å². The number of ether oxygens (including phenoxy) is 1. The molecule has 4 heteroatoms. The predicted molar refractivity (Wildman–Crippen MR) is 75.2 cm³/mol. The van der Waals surface area contributed by atoms with E-state index in [4.69, 9.17) is 4.74 Å². The van der Waals surface area contributed by atoms with Crippen LogP contribution in [0.15, 0.2) is 42.5 Å². The highest BCUT2D eigenvalue weighted by molar-refractivity contribution is 6.04. The van der Waals surface area contributed by atoms with Gasteiger partial charge in [0, 0.05) is 12.0 Å². The summed E-state index contributed by atoms with van der Waals surface area (Å²) in [5.41, 5.74) is 0.895. The Bertz CT molecular complexity index is 607. The number of carbonyl (C=O) groups excluding carboxylic acids is 1. The standard InChI is InChI=1S/C15H16N2O2/c1-2-19-14-10-16-15(18)17(14)13-9-5-7-11-6-3-4-8-12(11)13/h3-9,14H,2,10H2,1H3,(H,16,18). The molecule has 1 fully saturated rings. The number of nitrogens with one attached hydrogen (secondary N) is 1. The summed E-state index contributed by atoms with van der Waals surface area (Å²) in [6.07, 6.45) is -0.233. The Morgan fingerprint density at radius 3 is 2.89 bits per heavy atom. The predicted octanol–water partition coefficient (Wildman–Crippen LogP) is 2.73. The second kappa shape index (κ2) is 4.90. The van der Waals surface area contributed by atoms with Gasteiger partial charge in [0.1, 0.15) is 0 Å². The second-order valence-corrected chi connectivity index (χ2v) is 4.46. The number of nitrogens with zero attached hydrogens (tertiary/aromatic N) is 1. The first-order valence-corrected chi connectivity index (χ1v) is 6.47. The van der Waals surface area contributed by atoms with Crippen LogP contribution >= 0.6 is 0 Å². The minimum atomic E-state index is -0.233. The molecular formula is C15H16N2O2. The van der Waals surface area contributed by atoms with Crippen LogP contribution in [-0.4, -0.2) is 25.4 Å². The van der Waals surface area contributed by atoms with Crippen molar-refractivity contribution in [2.24, 2.45) is 0 Å². The SMILES string of the molecule is CCOC1CNC(=O)N1c1cccc2ccccc12. The number of rotatable bonds is 3. The number of urea groups is 1. The molecule has 1 saturated heterocycles. The molecule has 1 heterocycles. The van der Waals surface area contributed by atoms with Gasteiger partial charge in [-0.05, 0) is 18.4 Å². The van der Waals surface area contributed by atoms with Gasteiger partial charge in [-0.3, -0.25) is 4.90 Å². The monoisotopic (exact) mass is 256 g/mol. The van der Waals surface area contributed by atoms with Crippen LogP contribution in [0.2, 0.25) is 0 Å². The molecule has 1 aliphatic rings. The quantitative estimate of drug-likeness (QED) is 0.917. The van der Waals surface area contributed by atoms with E-state index in [1.54, 1.807) is 4.90 Å². The zero-order valence-electron chi connectivity index (χ0n) is 10.8. The molecule has 4 nitrogen and oxygen atoms in total. The molecule has 0 saturated carbocycles. The smallest absolute Gasteiger partial charge is 0.324 e. The third-order valence-corrected chi connectivity index (χ3v) is 3.32. The van der Waals surface area contributed by atoms with Crippen LogP contribution in [0.4, 0.5) is 10.5 Å². The van der Waals surface area contributed by atoms with Gasteiger partial charge in [0.05, 0.1) is 12.2 Å². The minimum Gasteiger partial charge on any atom is -0.356 e. The van der Waals surface area contributed by atoms with Gasteiger partial charge in [-0.25, -0.2) is 4.79 Å². The fourth-order valence-electron chi connectivity index (χ4n) is 2.49. The number of carbonyl (C=O) groups is 1. The summed E-state index contributed by atoms with van der Waals surface area (Å²) >= 11 is 0. The maximum Gasteiger partial charge on any atom is 0.324 e. The van der Waals surface area contributed by atoms with Crippen LogP contribution in [0.5, 0.6) is 0 Å². The minimum absolute atomic E-state index is 0.102. The van der Waals surface area contributed by atoms with Crippen molar-refractivity contribution in [3.8, 4) is 0 Å². The number of hydrogen-bond donors (Lipinski definition) is 1. The van der Waals surface area contributed by atoms with Gasteiger partial charge < -0.3 is 10.1 Å². The summed E-state index contributed by atoms with van der Waals surface area (Å²) in [7, 11) is 0. The molecule has 19 heavy (non-hydrogen) atoms. The third kappa shape index (κ3) is 2.04. The molecule has 3 rings (SSSR count). The van der Waals surface area contributed by atoms with Crippen LogP contribution in [0.1, 0.15) is 6.92 Å². The van der Waals surface area contributed by atoms with Crippen LogP contribution in [0, 0.1) is 0 Å². The average Bonchev–Trinajstić information content (AvgIpc) is 2.80. The number of anilines is 1. The second-order valence-electron chi connectivity index (χ2n) is 4.46. The zero-order chi connectivity index (χ0) is 13.2. The molecule has 0 radical (unpaired) electrons. The molecule has 0 aliphatic carbocycles. The zero-order valence-corrected chi connectivity index (χ0v) is 10.8. The van der Waals surface area contributed by atoms with E-state index >= 15 is 0 Å². The van der Waals surface area contributed by atoms with Crippen molar-refractivity contribution in [1.82, 2.24) is 5.32 Å². The number of fused-ring (bicyclic) bond motifs is 1. The molecule has 2 aromatic carbocycles. The number of amides is 2. The molecule has 1 unspecified atom stereocenters. The molecule has 1 N–H and O–H groups in total. The molecule has 0 aromatic heterocycles. The van der Waals surface area contributed by atoms with E-state index < -0.39 is 0 Å². The maximum absolute atomic E-state index is 12.0. The topological polar surface area (TPSA) is 41.6 Å². The van der Waals surface area contributed by atoms with Crippen LogP contribution in [0.3, 0.4) is 0 Å². The van der Waals surface area contributed by atoms with Crippen LogP contribution in [0.25, 0.3) is 10.8 Å². The lowest BCUT2D eigenvalue weighted by Gasteiger charge is -2.24. The Morgan fingerprint density at radius 1 is 1.26 bits per heavy atom. The Balaban J connectivity index is 2.09. The van der Waals surface area contributed by atoms with Crippen LogP contribution < -0.4 is 10.2 Å². The molecule has 2 aromatic rings. The Labute approximate surface area is 112 Å². The molecule has 1 aliphatic heterocycles. The van der Waals surface area contributed by atoms with E-state index in [-0.39, 0.29) is 12.3 Å². The largest absolute Gasteiger partial charge is 0.356 e. The lowest BCUT2D eigenvalue weighted by molar-refractivity contribution is 0.0802. The van der Waals surface area contributed by atoms with E-state index in [1.807, 2.05) is 49.4 Å². The fourth-order valence-corrected chi connectivity index (χ4v) is 2.49. The summed E-state index contributed by atoms with van der Waals surface area (Å²) in [6.45, 7) is 3.04. The Hall–Kier alpha value is -2.07. The Kier molecular flexibility index (Phi) is 3.09. The summed E-state index contributed by atoms with van der Waals surface area (Å²) < 4.78 is 5.63. The van der Waals surface area contributed by atoms with Crippen molar-refractivity contribution < 1.29 is 9.53 Å². The Morgan fingerprint density at radius 2 is 2.05 bits per heavy atom. The summed E-state index contributed by atoms with van der Waals surface area (Å²) in [6, 6.07) is 13.9. The summed E-state index contributed by atoms with van der Waals surface area (Å²) in [4.78, 5) is 13.7. The van der Waals surface area contributed by atoms with E-state index in [9.17, 15) is 4.79 Å². The van der Waals surface area contributed by atoms with Crippen molar-refractivity contribution in [2.75, 3.05) is 18.1 Å². The van der Waals surface area contributed by atoms with Gasteiger partial charge in [0.15, 0.2) is 6.23 Å². The van der Waals surface area contributed by atoms with Gasteiger partial charge in [-0.15, -0.1) is 0 Å². The highest BCUT2D eigenvalue weighted by atomic mass is 16.5. The van der Waals surface area contributed by atoms with E-state index in [0.717, 1.165) is 16.5 Å². The van der Waals surface area contributed by atoms with Gasteiger partial charge >= 0.3 is 6.03 Å². The third-order valence-electron chi connectivity index (χ3n) is 3.32. The molecule has 0 spiro atoms. The van der Waals surface area contributed by atoms with Gasteiger partial charge in [0.25, 0.3) is 0 Å². The lowest BCUT2D eigenvalue weighted by Crippen LogP contribution is -2.36. The van der Waals surface area contributed by atoms with Crippen molar-refractivity contribution in [3.63, 3.8) is 0 Å². The van der Waals surface area contributed by atoms with Crippen LogP contribution in [-0.2, 0) is 4.74 Å². The highest BCUT2D eigenvalue weighted by Gasteiger charge is 2.33. The summed E-state index contributed by atoms with van der Waals surface area (Å²) in [5.74, 6) is 0. The molecule has 98 valence electrons. The lowest BCUT2D eigenvalue weighted by atomic mass is 10.1. The molecule has 0 bridgehead atoms. The van der Waals surface area contributed by atoms with Crippen molar-refractivity contribution in [1.29, 1.82) is 0 Å². The van der Waals surface area contributed by atoms with Crippen molar-refractivity contribution in [3.05, 3.63) is 42.5 Å². The first-order valence-electron chi connectivity index (χ1n) is 6.47. The van der Waals surface area contributed by atoms with Gasteiger partial charge in [-0.1, -0.05) is 36.4 Å². The molecular weight excluding hydrogens is 240 g/mol. The number of benzene rings is 2. The van der Waals surface area contributed by atoms with Crippen molar-refractivity contribution >= 4 is 22.5 Å². The van der Waals surface area contributed by atoms with E-state index in [0.29, 0.717) is 13.2 Å². The first-order chi connectivity index (χ1) is 9.31.